The summed E-state index contributed by atoms with van der Waals surface area (Å²) in [7, 11) is 2.27. The largest absolute Gasteiger partial charge is 0.299 e. The second-order valence-corrected chi connectivity index (χ2v) is 4.71. The molecule has 0 aromatic rings. The Bertz CT molecular complexity index is 179. The second-order valence-electron chi connectivity index (χ2n) is 4.71. The maximum atomic E-state index is 2.61. The summed E-state index contributed by atoms with van der Waals surface area (Å²) in [5.41, 5.74) is 0.588. The van der Waals surface area contributed by atoms with Gasteiger partial charge in [-0.3, -0.25) is 9.80 Å². The normalized spacial score (nSPS) is 38.0. The first kappa shape index (κ1) is 8.52. The SMILES string of the molecule is CC(C)N1CC[C@@]2(CCN2C)C1. The smallest absolute Gasteiger partial charge is 0.0357 e. The maximum absolute atomic E-state index is 2.61. The van der Waals surface area contributed by atoms with Crippen LogP contribution in [0.2, 0.25) is 0 Å². The Morgan fingerprint density at radius 1 is 1.17 bits per heavy atom. The summed E-state index contributed by atoms with van der Waals surface area (Å²) in [4.78, 5) is 5.14. The van der Waals surface area contributed by atoms with Crippen molar-refractivity contribution in [3.63, 3.8) is 0 Å². The second kappa shape index (κ2) is 2.71. The molecular formula is C10H20N2. The van der Waals surface area contributed by atoms with E-state index in [1.807, 2.05) is 0 Å². The van der Waals surface area contributed by atoms with Crippen LogP contribution in [0.5, 0.6) is 0 Å². The molecule has 2 heterocycles. The molecule has 0 radical (unpaired) electrons. The molecule has 0 amide bonds. The van der Waals surface area contributed by atoms with Crippen LogP contribution in [0.25, 0.3) is 0 Å². The molecule has 2 aliphatic heterocycles. The minimum absolute atomic E-state index is 0.588. The Labute approximate surface area is 75.5 Å². The molecule has 70 valence electrons. The highest BCUT2D eigenvalue weighted by atomic mass is 15.3. The lowest BCUT2D eigenvalue weighted by atomic mass is 9.84. The van der Waals surface area contributed by atoms with Crippen molar-refractivity contribution in [3.05, 3.63) is 0 Å². The summed E-state index contributed by atoms with van der Waals surface area (Å²) >= 11 is 0. The summed E-state index contributed by atoms with van der Waals surface area (Å²) in [6, 6.07) is 0.735. The van der Waals surface area contributed by atoms with Crippen molar-refractivity contribution >= 4 is 0 Å². The van der Waals surface area contributed by atoms with Crippen LogP contribution in [0.1, 0.15) is 26.7 Å². The van der Waals surface area contributed by atoms with Gasteiger partial charge in [-0.05, 0) is 33.7 Å². The van der Waals surface area contributed by atoms with Crippen LogP contribution in [0.3, 0.4) is 0 Å². The summed E-state index contributed by atoms with van der Waals surface area (Å²) in [5, 5.41) is 0. The first-order valence-electron chi connectivity index (χ1n) is 5.09. The van der Waals surface area contributed by atoms with Gasteiger partial charge >= 0.3 is 0 Å². The number of rotatable bonds is 1. The highest BCUT2D eigenvalue weighted by Gasteiger charge is 2.47. The quantitative estimate of drug-likeness (QED) is 0.580. The Balaban J connectivity index is 1.97. The lowest BCUT2D eigenvalue weighted by molar-refractivity contribution is 0.0170. The number of likely N-dealkylation sites (tertiary alicyclic amines) is 2. The molecule has 0 bridgehead atoms. The molecule has 1 spiro atoms. The topological polar surface area (TPSA) is 6.48 Å². The van der Waals surface area contributed by atoms with Gasteiger partial charge in [-0.15, -0.1) is 0 Å². The summed E-state index contributed by atoms with van der Waals surface area (Å²) in [5.74, 6) is 0. The predicted molar refractivity (Wildman–Crippen MR) is 51.3 cm³/mol. The number of nitrogens with zero attached hydrogens (tertiary/aromatic N) is 2. The minimum Gasteiger partial charge on any atom is -0.299 e. The average Bonchev–Trinajstić information content (AvgIpc) is 2.48. The van der Waals surface area contributed by atoms with Crippen LogP contribution in [0.4, 0.5) is 0 Å². The number of likely N-dealkylation sites (N-methyl/N-ethyl adjacent to an activating group) is 1. The van der Waals surface area contributed by atoms with Crippen molar-refractivity contribution in [2.24, 2.45) is 0 Å². The third-order valence-electron chi connectivity index (χ3n) is 3.81. The zero-order valence-corrected chi connectivity index (χ0v) is 8.51. The standard InChI is InChI=1S/C10H20N2/c1-9(2)12-7-5-10(8-12)4-6-11(10)3/h9H,4-8H2,1-3H3/t10-/m0/s1. The predicted octanol–water partition coefficient (Wildman–Crippen LogP) is 1.17. The van der Waals surface area contributed by atoms with Gasteiger partial charge in [0.1, 0.15) is 0 Å². The zero-order valence-electron chi connectivity index (χ0n) is 8.51. The fraction of sp³-hybridized carbons (Fsp3) is 1.00. The molecule has 0 aliphatic carbocycles. The lowest BCUT2D eigenvalue weighted by Gasteiger charge is -2.49. The summed E-state index contributed by atoms with van der Waals surface area (Å²) in [6.45, 7) is 8.53. The fourth-order valence-electron chi connectivity index (χ4n) is 2.50. The molecule has 2 fully saturated rings. The first-order chi connectivity index (χ1) is 5.64. The highest BCUT2D eigenvalue weighted by Crippen LogP contribution is 2.38. The van der Waals surface area contributed by atoms with Gasteiger partial charge in [0.25, 0.3) is 0 Å². The van der Waals surface area contributed by atoms with Crippen molar-refractivity contribution in [2.45, 2.75) is 38.3 Å². The Morgan fingerprint density at radius 3 is 2.08 bits per heavy atom. The van der Waals surface area contributed by atoms with Crippen molar-refractivity contribution in [3.8, 4) is 0 Å². The van der Waals surface area contributed by atoms with Crippen molar-refractivity contribution < 1.29 is 0 Å². The molecule has 12 heavy (non-hydrogen) atoms. The third kappa shape index (κ3) is 1.09. The van der Waals surface area contributed by atoms with Gasteiger partial charge in [0.05, 0.1) is 0 Å². The van der Waals surface area contributed by atoms with E-state index >= 15 is 0 Å². The van der Waals surface area contributed by atoms with Gasteiger partial charge in [-0.25, -0.2) is 0 Å². The molecule has 2 rings (SSSR count). The van der Waals surface area contributed by atoms with Crippen LogP contribution in [0, 0.1) is 0 Å². The van der Waals surface area contributed by atoms with Gasteiger partial charge in [0, 0.05) is 31.2 Å². The van der Waals surface area contributed by atoms with E-state index in [0.717, 1.165) is 6.04 Å². The molecule has 2 saturated heterocycles. The van der Waals surface area contributed by atoms with Crippen molar-refractivity contribution in [1.82, 2.24) is 9.80 Å². The van der Waals surface area contributed by atoms with E-state index in [-0.39, 0.29) is 0 Å². The van der Waals surface area contributed by atoms with Crippen LogP contribution in [0.15, 0.2) is 0 Å². The first-order valence-corrected chi connectivity index (χ1v) is 5.09. The summed E-state index contributed by atoms with van der Waals surface area (Å²) < 4.78 is 0. The fourth-order valence-corrected chi connectivity index (χ4v) is 2.50. The van der Waals surface area contributed by atoms with Gasteiger partial charge in [-0.1, -0.05) is 0 Å². The number of hydrogen-bond acceptors (Lipinski definition) is 2. The molecule has 2 heteroatoms. The molecule has 0 aromatic carbocycles. The lowest BCUT2D eigenvalue weighted by Crippen LogP contribution is -2.59. The molecule has 0 N–H and O–H groups in total. The zero-order chi connectivity index (χ0) is 8.77. The van der Waals surface area contributed by atoms with E-state index < -0.39 is 0 Å². The van der Waals surface area contributed by atoms with E-state index in [0.29, 0.717) is 5.54 Å². The van der Waals surface area contributed by atoms with E-state index in [1.54, 1.807) is 0 Å². The minimum atomic E-state index is 0.588. The van der Waals surface area contributed by atoms with Gasteiger partial charge < -0.3 is 0 Å². The Morgan fingerprint density at radius 2 is 1.83 bits per heavy atom. The monoisotopic (exact) mass is 168 g/mol. The molecule has 0 saturated carbocycles. The molecule has 0 unspecified atom stereocenters. The highest BCUT2D eigenvalue weighted by molar-refractivity contribution is 5.05. The van der Waals surface area contributed by atoms with Gasteiger partial charge in [-0.2, -0.15) is 0 Å². The maximum Gasteiger partial charge on any atom is 0.0357 e. The molecular weight excluding hydrogens is 148 g/mol. The van der Waals surface area contributed by atoms with Crippen molar-refractivity contribution in [1.29, 1.82) is 0 Å². The van der Waals surface area contributed by atoms with E-state index in [2.05, 4.69) is 30.7 Å². The molecule has 0 aromatic heterocycles. The van der Waals surface area contributed by atoms with Crippen LogP contribution < -0.4 is 0 Å². The third-order valence-corrected chi connectivity index (χ3v) is 3.81. The van der Waals surface area contributed by atoms with Crippen LogP contribution >= 0.6 is 0 Å². The van der Waals surface area contributed by atoms with Gasteiger partial charge in [0.2, 0.25) is 0 Å². The number of hydrogen-bond donors (Lipinski definition) is 0. The van der Waals surface area contributed by atoms with Crippen LogP contribution in [-0.2, 0) is 0 Å². The molecule has 2 nitrogen and oxygen atoms in total. The van der Waals surface area contributed by atoms with Gasteiger partial charge in [0.15, 0.2) is 0 Å². The van der Waals surface area contributed by atoms with Crippen LogP contribution in [-0.4, -0.2) is 48.1 Å². The van der Waals surface area contributed by atoms with E-state index in [4.69, 9.17) is 0 Å². The molecule has 2 aliphatic rings. The van der Waals surface area contributed by atoms with Crippen molar-refractivity contribution in [2.75, 3.05) is 26.7 Å². The Hall–Kier alpha value is -0.0800. The average molecular weight is 168 g/mol. The summed E-state index contributed by atoms with van der Waals surface area (Å²) in [6.07, 6.45) is 2.81. The van der Waals surface area contributed by atoms with E-state index in [9.17, 15) is 0 Å². The molecule has 1 atom stereocenters. The Kier molecular flexibility index (Phi) is 1.92. The van der Waals surface area contributed by atoms with E-state index in [1.165, 1.54) is 32.5 Å².